The molecule has 196 valence electrons. The quantitative estimate of drug-likeness (QED) is 0.462. The molecule has 2 saturated carbocycles. The molecular formula is C27H44N4O4. The van der Waals surface area contributed by atoms with Gasteiger partial charge in [0, 0.05) is 31.1 Å². The summed E-state index contributed by atoms with van der Waals surface area (Å²) >= 11 is 0. The van der Waals surface area contributed by atoms with Crippen LogP contribution < -0.4 is 15.4 Å². The predicted octanol–water partition coefficient (Wildman–Crippen LogP) is 4.00. The summed E-state index contributed by atoms with van der Waals surface area (Å²) in [4.78, 5) is 24.6. The minimum atomic E-state index is -0.573. The first kappa shape index (κ1) is 27.2. The summed E-state index contributed by atoms with van der Waals surface area (Å²) in [6.07, 6.45) is 11.1. The summed E-state index contributed by atoms with van der Waals surface area (Å²) in [6, 6.07) is -0.0524. The average molecular weight is 489 g/mol. The van der Waals surface area contributed by atoms with Crippen LogP contribution in [-0.2, 0) is 4.79 Å². The average Bonchev–Trinajstić information content (AvgIpc) is 3.17. The summed E-state index contributed by atoms with van der Waals surface area (Å²) in [5, 5.41) is 21.4. The lowest BCUT2D eigenvalue weighted by Crippen LogP contribution is -2.48. The Kier molecular flexibility index (Phi) is 8.67. The van der Waals surface area contributed by atoms with Gasteiger partial charge in [-0.25, -0.2) is 4.68 Å². The molecule has 8 nitrogen and oxygen atoms in total. The molecule has 3 unspecified atom stereocenters. The normalized spacial score (nSPS) is 25.5. The third-order valence-corrected chi connectivity index (χ3v) is 7.27. The largest absolute Gasteiger partial charge is 0.477 e. The number of carbonyl (C=O) groups is 2. The van der Waals surface area contributed by atoms with E-state index in [1.165, 1.54) is 13.3 Å². The first-order valence-electron chi connectivity index (χ1n) is 13.0. The topological polar surface area (TPSA) is 105 Å². The lowest BCUT2D eigenvalue weighted by atomic mass is 9.64. The maximum atomic E-state index is 13.3. The van der Waals surface area contributed by atoms with Gasteiger partial charge < -0.3 is 20.5 Å². The van der Waals surface area contributed by atoms with E-state index in [0.29, 0.717) is 30.5 Å². The van der Waals surface area contributed by atoms with Gasteiger partial charge >= 0.3 is 0 Å². The van der Waals surface area contributed by atoms with E-state index in [1.54, 1.807) is 17.1 Å². The van der Waals surface area contributed by atoms with Crippen LogP contribution in [0.5, 0.6) is 5.88 Å². The Labute approximate surface area is 209 Å². The highest BCUT2D eigenvalue weighted by atomic mass is 16.5. The highest BCUT2D eigenvalue weighted by Gasteiger charge is 2.43. The van der Waals surface area contributed by atoms with Crippen molar-refractivity contribution < 1.29 is 19.4 Å². The highest BCUT2D eigenvalue weighted by Crippen LogP contribution is 2.46. The Bertz CT molecular complexity index is 922. The monoisotopic (exact) mass is 488 g/mol. The van der Waals surface area contributed by atoms with Crippen LogP contribution in [0.1, 0.15) is 90.4 Å². The lowest BCUT2D eigenvalue weighted by molar-refractivity contribution is -0.119. The second kappa shape index (κ2) is 11.1. The first-order chi connectivity index (χ1) is 16.4. The van der Waals surface area contributed by atoms with Gasteiger partial charge in [-0.2, -0.15) is 5.10 Å². The Morgan fingerprint density at radius 3 is 2.74 bits per heavy atom. The van der Waals surface area contributed by atoms with Crippen LogP contribution in [0.25, 0.3) is 6.20 Å². The molecule has 4 atom stereocenters. The molecule has 1 heterocycles. The maximum Gasteiger partial charge on any atom is 0.258 e. The van der Waals surface area contributed by atoms with Crippen molar-refractivity contribution in [3.63, 3.8) is 0 Å². The number of fused-ring (bicyclic) bond motifs is 2. The van der Waals surface area contributed by atoms with E-state index in [9.17, 15) is 14.7 Å². The minimum Gasteiger partial charge on any atom is -0.477 e. The van der Waals surface area contributed by atoms with Crippen LogP contribution in [0.15, 0.2) is 12.3 Å². The molecule has 2 bridgehead atoms. The summed E-state index contributed by atoms with van der Waals surface area (Å²) in [7, 11) is 0. The van der Waals surface area contributed by atoms with E-state index in [2.05, 4.69) is 29.6 Å². The number of amides is 2. The fourth-order valence-electron chi connectivity index (χ4n) is 5.32. The standard InChI is InChI=1S/C27H44N4O4/c1-18(2)16-35-25-23(15-29-31(25)11-10-26(5,6)17-28-20(4)32)24(33)30-19(3)22-12-21-8-7-9-27(34,13-21)14-22/h10-11,15,18-19,21-22,34H,7-9,12-14,16-17H2,1-6H3,(H,28,32)(H,30,33)/b11-10+/t19?,21?,22?,27-/m1/s1. The number of rotatable bonds is 10. The van der Waals surface area contributed by atoms with Gasteiger partial charge in [0.25, 0.3) is 5.91 Å². The van der Waals surface area contributed by atoms with Gasteiger partial charge in [-0.15, -0.1) is 0 Å². The number of nitrogens with one attached hydrogen (secondary N) is 2. The van der Waals surface area contributed by atoms with Gasteiger partial charge in [-0.05, 0) is 50.4 Å². The summed E-state index contributed by atoms with van der Waals surface area (Å²) in [6.45, 7) is 12.6. The molecule has 8 heteroatoms. The van der Waals surface area contributed by atoms with E-state index in [1.807, 2.05) is 26.8 Å². The molecule has 0 aliphatic heterocycles. The van der Waals surface area contributed by atoms with Crippen molar-refractivity contribution in [3.8, 4) is 5.88 Å². The van der Waals surface area contributed by atoms with Crippen molar-refractivity contribution in [1.29, 1.82) is 0 Å². The fraction of sp³-hybridized carbons (Fsp3) is 0.741. The number of nitrogens with zero attached hydrogens (tertiary/aromatic N) is 2. The van der Waals surface area contributed by atoms with Crippen LogP contribution in [0.4, 0.5) is 0 Å². The second-order valence-corrected chi connectivity index (χ2v) is 11.9. The number of carbonyl (C=O) groups excluding carboxylic acids is 2. The van der Waals surface area contributed by atoms with Crippen LogP contribution in [0.3, 0.4) is 0 Å². The zero-order valence-electron chi connectivity index (χ0n) is 22.3. The van der Waals surface area contributed by atoms with Crippen molar-refractivity contribution in [2.24, 2.45) is 23.2 Å². The molecule has 2 fully saturated rings. The summed E-state index contributed by atoms with van der Waals surface area (Å²) in [5.41, 5.74) is -0.476. The summed E-state index contributed by atoms with van der Waals surface area (Å²) in [5.74, 6) is 1.22. The Morgan fingerprint density at radius 1 is 1.34 bits per heavy atom. The molecule has 3 N–H and O–H groups in total. The lowest BCUT2D eigenvalue weighted by Gasteiger charge is -2.46. The molecule has 1 aromatic rings. The van der Waals surface area contributed by atoms with E-state index in [-0.39, 0.29) is 35.1 Å². The number of aliphatic hydroxyl groups is 1. The zero-order valence-corrected chi connectivity index (χ0v) is 22.3. The molecule has 1 aromatic heterocycles. The number of hydrogen-bond donors (Lipinski definition) is 3. The van der Waals surface area contributed by atoms with E-state index in [4.69, 9.17) is 4.74 Å². The molecular weight excluding hydrogens is 444 g/mol. The maximum absolute atomic E-state index is 13.3. The molecule has 35 heavy (non-hydrogen) atoms. The van der Waals surface area contributed by atoms with Gasteiger partial charge in [0.2, 0.25) is 11.8 Å². The second-order valence-electron chi connectivity index (χ2n) is 11.9. The van der Waals surface area contributed by atoms with Crippen molar-refractivity contribution in [1.82, 2.24) is 20.4 Å². The molecule has 2 aliphatic carbocycles. The van der Waals surface area contributed by atoms with Crippen molar-refractivity contribution in [2.45, 2.75) is 91.7 Å². The van der Waals surface area contributed by atoms with Gasteiger partial charge in [0.15, 0.2) is 0 Å². The molecule has 2 aliphatic rings. The highest BCUT2D eigenvalue weighted by molar-refractivity contribution is 5.96. The molecule has 0 spiro atoms. The third-order valence-electron chi connectivity index (χ3n) is 7.27. The number of hydrogen-bond acceptors (Lipinski definition) is 5. The van der Waals surface area contributed by atoms with E-state index >= 15 is 0 Å². The fourth-order valence-corrected chi connectivity index (χ4v) is 5.32. The Hall–Kier alpha value is -2.35. The first-order valence-corrected chi connectivity index (χ1v) is 13.0. The van der Waals surface area contributed by atoms with Gasteiger partial charge in [0.1, 0.15) is 5.56 Å². The predicted molar refractivity (Wildman–Crippen MR) is 137 cm³/mol. The number of aromatic nitrogens is 2. The van der Waals surface area contributed by atoms with Crippen LogP contribution in [0.2, 0.25) is 0 Å². The van der Waals surface area contributed by atoms with Gasteiger partial charge in [-0.3, -0.25) is 9.59 Å². The Balaban J connectivity index is 1.73. The SMILES string of the molecule is CC(=O)NCC(C)(C)/C=C/n1ncc(C(=O)NC(C)C2CC3CCC[C@@](O)(C3)C2)c1OCC(C)C. The molecule has 0 aromatic carbocycles. The van der Waals surface area contributed by atoms with Crippen LogP contribution >= 0.6 is 0 Å². The van der Waals surface area contributed by atoms with Crippen LogP contribution in [-0.4, -0.2) is 51.5 Å². The molecule has 0 radical (unpaired) electrons. The molecule has 0 saturated heterocycles. The summed E-state index contributed by atoms with van der Waals surface area (Å²) < 4.78 is 7.63. The molecule has 3 rings (SSSR count). The van der Waals surface area contributed by atoms with Crippen molar-refractivity contribution >= 4 is 18.0 Å². The van der Waals surface area contributed by atoms with E-state index in [0.717, 1.165) is 32.1 Å². The van der Waals surface area contributed by atoms with Crippen molar-refractivity contribution in [2.75, 3.05) is 13.2 Å². The third kappa shape index (κ3) is 7.56. The van der Waals surface area contributed by atoms with Gasteiger partial charge in [0.05, 0.1) is 18.4 Å². The zero-order chi connectivity index (χ0) is 25.8. The molecule has 2 amide bonds. The van der Waals surface area contributed by atoms with Gasteiger partial charge in [-0.1, -0.05) is 46.6 Å². The van der Waals surface area contributed by atoms with Crippen molar-refractivity contribution in [3.05, 3.63) is 17.8 Å². The Morgan fingerprint density at radius 2 is 2.09 bits per heavy atom. The van der Waals surface area contributed by atoms with Crippen LogP contribution in [0, 0.1) is 23.2 Å². The smallest absolute Gasteiger partial charge is 0.258 e. The minimum absolute atomic E-state index is 0.0524. The number of ether oxygens (including phenoxy) is 1. The van der Waals surface area contributed by atoms with E-state index < -0.39 is 5.60 Å².